The fourth-order valence-corrected chi connectivity index (χ4v) is 3.58. The minimum Gasteiger partial charge on any atom is -0.493 e. The molecule has 27 heavy (non-hydrogen) atoms. The minimum atomic E-state index is -0.237. The molecule has 2 aromatic rings. The molecular formula is C23H30N2O2. The van der Waals surface area contributed by atoms with Crippen LogP contribution in [0.1, 0.15) is 68.5 Å². The highest BCUT2D eigenvalue weighted by molar-refractivity contribution is 6.01. The minimum absolute atomic E-state index is 0.0575. The highest BCUT2D eigenvalue weighted by Crippen LogP contribution is 2.37. The second kappa shape index (κ2) is 8.94. The predicted molar refractivity (Wildman–Crippen MR) is 110 cm³/mol. The Labute approximate surface area is 162 Å². The van der Waals surface area contributed by atoms with Crippen LogP contribution < -0.4 is 10.1 Å². The lowest BCUT2D eigenvalue weighted by atomic mass is 10.0. The number of ether oxygens (including phenoxy) is 1. The zero-order valence-electron chi connectivity index (χ0n) is 16.6. The first-order valence-corrected chi connectivity index (χ1v) is 10.0. The summed E-state index contributed by atoms with van der Waals surface area (Å²) in [5.41, 5.74) is 2.60. The Bertz CT molecular complexity index is 772. The number of anilines is 1. The van der Waals surface area contributed by atoms with Gasteiger partial charge in [-0.05, 0) is 38.5 Å². The van der Waals surface area contributed by atoms with Crippen molar-refractivity contribution in [3.8, 4) is 5.75 Å². The van der Waals surface area contributed by atoms with Gasteiger partial charge in [0.25, 0.3) is 5.91 Å². The molecule has 144 valence electrons. The van der Waals surface area contributed by atoms with Crippen LogP contribution in [0.15, 0.2) is 48.5 Å². The van der Waals surface area contributed by atoms with Crippen molar-refractivity contribution in [2.24, 2.45) is 0 Å². The van der Waals surface area contributed by atoms with Crippen molar-refractivity contribution in [3.63, 3.8) is 0 Å². The van der Waals surface area contributed by atoms with Crippen molar-refractivity contribution in [1.29, 1.82) is 0 Å². The third-order valence-corrected chi connectivity index (χ3v) is 4.99. The van der Waals surface area contributed by atoms with Crippen molar-refractivity contribution in [2.45, 2.75) is 58.7 Å². The number of carbonyl (C=O) groups excluding carboxylic acids is 1. The molecule has 1 atom stereocenters. The second-order valence-electron chi connectivity index (χ2n) is 7.35. The number of hydrogen-bond donors (Lipinski definition) is 1. The van der Waals surface area contributed by atoms with E-state index < -0.39 is 0 Å². The van der Waals surface area contributed by atoms with Crippen LogP contribution in [0.2, 0.25) is 0 Å². The average molecular weight is 367 g/mol. The van der Waals surface area contributed by atoms with Crippen molar-refractivity contribution in [2.75, 3.05) is 11.9 Å². The highest BCUT2D eigenvalue weighted by Gasteiger charge is 2.35. The smallest absolute Gasteiger partial charge is 0.258 e. The Morgan fingerprint density at radius 3 is 2.56 bits per heavy atom. The van der Waals surface area contributed by atoms with Crippen LogP contribution in [0, 0.1) is 0 Å². The van der Waals surface area contributed by atoms with E-state index in [1.807, 2.05) is 47.4 Å². The molecule has 1 heterocycles. The lowest BCUT2D eigenvalue weighted by Gasteiger charge is -2.41. The summed E-state index contributed by atoms with van der Waals surface area (Å²) < 4.78 is 6.11. The van der Waals surface area contributed by atoms with Gasteiger partial charge in [-0.2, -0.15) is 0 Å². The van der Waals surface area contributed by atoms with Gasteiger partial charge in [-0.3, -0.25) is 4.79 Å². The first-order chi connectivity index (χ1) is 13.1. The van der Waals surface area contributed by atoms with Gasteiger partial charge in [0.2, 0.25) is 0 Å². The maximum atomic E-state index is 13.1. The van der Waals surface area contributed by atoms with Gasteiger partial charge in [0.1, 0.15) is 11.9 Å². The van der Waals surface area contributed by atoms with Crippen LogP contribution in [-0.2, 0) is 0 Å². The summed E-state index contributed by atoms with van der Waals surface area (Å²) in [6.07, 6.45) is 4.45. The number of nitrogens with one attached hydrogen (secondary N) is 1. The van der Waals surface area contributed by atoms with E-state index >= 15 is 0 Å². The maximum absolute atomic E-state index is 13.1. The molecule has 4 nitrogen and oxygen atoms in total. The fourth-order valence-electron chi connectivity index (χ4n) is 3.58. The van der Waals surface area contributed by atoms with Gasteiger partial charge in [0, 0.05) is 17.3 Å². The number of fused-ring (bicyclic) bond motifs is 1. The number of hydrogen-bond acceptors (Lipinski definition) is 3. The lowest BCUT2D eigenvalue weighted by molar-refractivity contribution is 0.0614. The molecule has 0 aromatic heterocycles. The maximum Gasteiger partial charge on any atom is 0.258 e. The fraction of sp³-hybridized carbons (Fsp3) is 0.435. The van der Waals surface area contributed by atoms with Crippen LogP contribution in [0.3, 0.4) is 0 Å². The number of amides is 1. The van der Waals surface area contributed by atoms with Crippen LogP contribution in [-0.4, -0.2) is 23.5 Å². The Morgan fingerprint density at radius 1 is 1.04 bits per heavy atom. The quantitative estimate of drug-likeness (QED) is 0.616. The molecule has 0 saturated heterocycles. The van der Waals surface area contributed by atoms with Gasteiger partial charge in [0.05, 0.1) is 12.2 Å². The molecule has 1 amide bonds. The summed E-state index contributed by atoms with van der Waals surface area (Å²) in [6, 6.07) is 15.8. The molecule has 1 aliphatic rings. The van der Waals surface area contributed by atoms with E-state index in [9.17, 15) is 4.79 Å². The summed E-state index contributed by atoms with van der Waals surface area (Å²) in [5, 5.41) is 3.55. The van der Waals surface area contributed by atoms with E-state index in [4.69, 9.17) is 4.74 Å². The van der Waals surface area contributed by atoms with E-state index in [2.05, 4.69) is 32.2 Å². The Kier molecular flexibility index (Phi) is 6.38. The van der Waals surface area contributed by atoms with Crippen LogP contribution in [0.4, 0.5) is 5.69 Å². The van der Waals surface area contributed by atoms with E-state index in [0.29, 0.717) is 6.61 Å². The van der Waals surface area contributed by atoms with Crippen LogP contribution in [0.5, 0.6) is 5.75 Å². The van der Waals surface area contributed by atoms with Gasteiger partial charge in [-0.1, -0.05) is 56.5 Å². The van der Waals surface area contributed by atoms with Gasteiger partial charge in [0.15, 0.2) is 0 Å². The molecule has 2 aromatic carbocycles. The van der Waals surface area contributed by atoms with E-state index in [0.717, 1.165) is 29.0 Å². The van der Waals surface area contributed by atoms with Crippen LogP contribution in [0.25, 0.3) is 0 Å². The van der Waals surface area contributed by atoms with Gasteiger partial charge in [-0.25, -0.2) is 0 Å². The van der Waals surface area contributed by atoms with Crippen molar-refractivity contribution >= 4 is 11.6 Å². The predicted octanol–water partition coefficient (Wildman–Crippen LogP) is 5.62. The first kappa shape index (κ1) is 19.3. The van der Waals surface area contributed by atoms with E-state index in [-0.39, 0.29) is 18.1 Å². The Morgan fingerprint density at radius 2 is 1.78 bits per heavy atom. The number of rotatable bonds is 8. The third-order valence-electron chi connectivity index (χ3n) is 4.99. The molecule has 1 N–H and O–H groups in total. The number of para-hydroxylation sites is 2. The normalized spacial score (nSPS) is 16.2. The zero-order valence-corrected chi connectivity index (χ0v) is 16.6. The molecule has 0 fully saturated rings. The van der Waals surface area contributed by atoms with Crippen molar-refractivity contribution in [1.82, 2.24) is 4.90 Å². The van der Waals surface area contributed by atoms with Gasteiger partial charge in [-0.15, -0.1) is 0 Å². The summed E-state index contributed by atoms with van der Waals surface area (Å²) in [5.74, 6) is 0.909. The number of benzene rings is 2. The summed E-state index contributed by atoms with van der Waals surface area (Å²) in [7, 11) is 0. The highest BCUT2D eigenvalue weighted by atomic mass is 16.5. The number of nitrogens with zero attached hydrogens (tertiary/aromatic N) is 1. The van der Waals surface area contributed by atoms with E-state index in [1.165, 1.54) is 19.3 Å². The number of unbranched alkanes of at least 4 members (excludes halogenated alkanes) is 3. The third kappa shape index (κ3) is 4.26. The largest absolute Gasteiger partial charge is 0.493 e. The van der Waals surface area contributed by atoms with Crippen molar-refractivity contribution in [3.05, 3.63) is 59.7 Å². The molecule has 0 aliphatic carbocycles. The van der Waals surface area contributed by atoms with Crippen LogP contribution >= 0.6 is 0 Å². The monoisotopic (exact) mass is 366 g/mol. The molecule has 3 rings (SSSR count). The second-order valence-corrected chi connectivity index (χ2v) is 7.35. The van der Waals surface area contributed by atoms with E-state index in [1.54, 1.807) is 0 Å². The Balaban J connectivity index is 1.87. The molecule has 0 radical (unpaired) electrons. The molecule has 0 saturated carbocycles. The molecule has 0 bridgehead atoms. The molecule has 1 unspecified atom stereocenters. The molecule has 4 heteroatoms. The van der Waals surface area contributed by atoms with Gasteiger partial charge >= 0.3 is 0 Å². The SMILES string of the molecule is CCCCCCOc1ccccc1C1Nc2ccccc2C(=O)N1C(C)C. The topological polar surface area (TPSA) is 41.6 Å². The molecule has 1 aliphatic heterocycles. The summed E-state index contributed by atoms with van der Waals surface area (Å²) in [4.78, 5) is 15.0. The zero-order chi connectivity index (χ0) is 19.2. The first-order valence-electron chi connectivity index (χ1n) is 10.0. The summed E-state index contributed by atoms with van der Waals surface area (Å²) >= 11 is 0. The number of carbonyl (C=O) groups is 1. The molecule has 0 spiro atoms. The van der Waals surface area contributed by atoms with Gasteiger partial charge < -0.3 is 15.0 Å². The molecular weight excluding hydrogens is 336 g/mol. The summed E-state index contributed by atoms with van der Waals surface area (Å²) in [6.45, 7) is 7.01. The Hall–Kier alpha value is -2.49. The lowest BCUT2D eigenvalue weighted by Crippen LogP contribution is -2.46. The average Bonchev–Trinajstić information content (AvgIpc) is 2.68. The standard InChI is InChI=1S/C23H30N2O2/c1-4-5-6-11-16-27-21-15-10-8-13-19(21)22-24-20-14-9-7-12-18(20)23(26)25(22)17(2)3/h7-10,12-15,17,22,24H,4-6,11,16H2,1-3H3. The van der Waals surface area contributed by atoms with Crippen molar-refractivity contribution < 1.29 is 9.53 Å².